The highest BCUT2D eigenvalue weighted by Gasteiger charge is 2.26. The van der Waals surface area contributed by atoms with Crippen LogP contribution < -0.4 is 10.6 Å². The summed E-state index contributed by atoms with van der Waals surface area (Å²) in [5.74, 6) is 1.57. The molecule has 1 aromatic rings. The lowest BCUT2D eigenvalue weighted by Gasteiger charge is -2.33. The second-order valence-electron chi connectivity index (χ2n) is 6.39. The van der Waals surface area contributed by atoms with Crippen molar-refractivity contribution in [3.8, 4) is 0 Å². The van der Waals surface area contributed by atoms with Crippen LogP contribution in [0.3, 0.4) is 0 Å². The minimum absolute atomic E-state index is 0.129. The normalized spacial score (nSPS) is 20.2. The molecule has 2 aliphatic heterocycles. The molecule has 0 spiro atoms. The lowest BCUT2D eigenvalue weighted by molar-refractivity contribution is 0.0693. The first-order valence-electron chi connectivity index (χ1n) is 8.49. The molecule has 0 bridgehead atoms. The highest BCUT2D eigenvalue weighted by molar-refractivity contribution is 5.99. The van der Waals surface area contributed by atoms with Crippen molar-refractivity contribution >= 4 is 11.7 Å². The van der Waals surface area contributed by atoms with Crippen LogP contribution in [0.4, 0.5) is 5.82 Å². The fraction of sp³-hybridized carbons (Fsp3) is 0.647. The molecule has 0 atom stereocenters. The van der Waals surface area contributed by atoms with Gasteiger partial charge in [0.2, 0.25) is 0 Å². The van der Waals surface area contributed by atoms with Crippen LogP contribution in [-0.2, 0) is 0 Å². The molecule has 3 heterocycles. The van der Waals surface area contributed by atoms with Gasteiger partial charge in [-0.1, -0.05) is 0 Å². The van der Waals surface area contributed by atoms with Crippen molar-refractivity contribution < 1.29 is 4.79 Å². The number of likely N-dealkylation sites (tertiary alicyclic amines) is 1. The number of pyridine rings is 1. The van der Waals surface area contributed by atoms with Crippen molar-refractivity contribution in [2.45, 2.75) is 32.1 Å². The lowest BCUT2D eigenvalue weighted by Crippen LogP contribution is -2.41. The van der Waals surface area contributed by atoms with Crippen LogP contribution in [0, 0.1) is 5.92 Å². The zero-order valence-corrected chi connectivity index (χ0v) is 13.2. The molecule has 3 rings (SSSR count). The topological polar surface area (TPSA) is 62.5 Å². The van der Waals surface area contributed by atoms with Gasteiger partial charge in [-0.3, -0.25) is 4.79 Å². The van der Waals surface area contributed by atoms with Crippen LogP contribution in [0.5, 0.6) is 0 Å². The van der Waals surface area contributed by atoms with Gasteiger partial charge in [0.1, 0.15) is 5.82 Å². The van der Waals surface area contributed by atoms with Crippen LogP contribution in [-0.4, -0.2) is 48.5 Å². The molecule has 0 aromatic carbocycles. The average molecular weight is 302 g/mol. The van der Waals surface area contributed by atoms with E-state index in [0.29, 0.717) is 5.92 Å². The Labute approximate surface area is 132 Å². The Bertz CT molecular complexity index is 505. The van der Waals surface area contributed by atoms with Gasteiger partial charge >= 0.3 is 0 Å². The van der Waals surface area contributed by atoms with Crippen LogP contribution in [0.25, 0.3) is 0 Å². The Kier molecular flexibility index (Phi) is 4.93. The van der Waals surface area contributed by atoms with Crippen molar-refractivity contribution in [3.05, 3.63) is 23.9 Å². The Morgan fingerprint density at radius 3 is 2.59 bits per heavy atom. The second-order valence-corrected chi connectivity index (χ2v) is 6.39. The maximum absolute atomic E-state index is 12.9. The van der Waals surface area contributed by atoms with E-state index in [1.54, 1.807) is 6.20 Å². The fourth-order valence-electron chi connectivity index (χ4n) is 3.46. The molecule has 0 unspecified atom stereocenters. The highest BCUT2D eigenvalue weighted by Crippen LogP contribution is 2.25. The summed E-state index contributed by atoms with van der Waals surface area (Å²) in [5, 5.41) is 0. The number of anilines is 1. The third-order valence-corrected chi connectivity index (χ3v) is 4.91. The molecule has 1 amide bonds. The van der Waals surface area contributed by atoms with E-state index in [1.165, 1.54) is 19.3 Å². The predicted octanol–water partition coefficient (Wildman–Crippen LogP) is 1.88. The number of nitrogens with two attached hydrogens (primary N) is 1. The molecule has 0 aliphatic carbocycles. The van der Waals surface area contributed by atoms with Crippen LogP contribution in [0.1, 0.15) is 42.5 Å². The monoisotopic (exact) mass is 302 g/mol. The van der Waals surface area contributed by atoms with Crippen molar-refractivity contribution in [2.75, 3.05) is 37.6 Å². The number of piperidine rings is 2. The van der Waals surface area contributed by atoms with Gasteiger partial charge in [0.15, 0.2) is 0 Å². The smallest absolute Gasteiger partial charge is 0.257 e. The Morgan fingerprint density at radius 2 is 1.91 bits per heavy atom. The molecule has 2 fully saturated rings. The third-order valence-electron chi connectivity index (χ3n) is 4.91. The summed E-state index contributed by atoms with van der Waals surface area (Å²) in [4.78, 5) is 21.6. The lowest BCUT2D eigenvalue weighted by atomic mass is 9.96. The summed E-state index contributed by atoms with van der Waals surface area (Å²) in [7, 11) is 0. The van der Waals surface area contributed by atoms with E-state index in [0.717, 1.165) is 56.9 Å². The van der Waals surface area contributed by atoms with Crippen molar-refractivity contribution in [1.29, 1.82) is 0 Å². The first-order valence-corrected chi connectivity index (χ1v) is 8.49. The maximum atomic E-state index is 12.9. The molecule has 0 radical (unpaired) electrons. The molecule has 2 N–H and O–H groups in total. The Morgan fingerprint density at radius 1 is 1.18 bits per heavy atom. The molecule has 22 heavy (non-hydrogen) atoms. The number of nitrogens with zero attached hydrogens (tertiary/aromatic N) is 3. The predicted molar refractivity (Wildman–Crippen MR) is 88.0 cm³/mol. The number of hydrogen-bond donors (Lipinski definition) is 1. The molecule has 2 aliphatic rings. The molecule has 120 valence electrons. The van der Waals surface area contributed by atoms with Crippen LogP contribution >= 0.6 is 0 Å². The van der Waals surface area contributed by atoms with Gasteiger partial charge in [0, 0.05) is 32.4 Å². The summed E-state index contributed by atoms with van der Waals surface area (Å²) in [5.41, 5.74) is 6.50. The fourth-order valence-corrected chi connectivity index (χ4v) is 3.46. The van der Waals surface area contributed by atoms with Crippen molar-refractivity contribution in [2.24, 2.45) is 11.7 Å². The number of rotatable bonds is 3. The number of aromatic nitrogens is 1. The maximum Gasteiger partial charge on any atom is 0.257 e. The number of amides is 1. The van der Waals surface area contributed by atoms with E-state index < -0.39 is 0 Å². The van der Waals surface area contributed by atoms with E-state index in [-0.39, 0.29) is 5.91 Å². The number of hydrogen-bond acceptors (Lipinski definition) is 4. The van der Waals surface area contributed by atoms with Crippen LogP contribution in [0.15, 0.2) is 18.3 Å². The summed E-state index contributed by atoms with van der Waals surface area (Å²) < 4.78 is 0. The molecule has 5 nitrogen and oxygen atoms in total. The first-order chi connectivity index (χ1) is 10.8. The highest BCUT2D eigenvalue weighted by atomic mass is 16.2. The van der Waals surface area contributed by atoms with E-state index in [9.17, 15) is 4.79 Å². The summed E-state index contributed by atoms with van der Waals surface area (Å²) in [6.45, 7) is 4.37. The largest absolute Gasteiger partial charge is 0.356 e. The molecule has 0 saturated carbocycles. The quantitative estimate of drug-likeness (QED) is 0.926. The minimum Gasteiger partial charge on any atom is -0.356 e. The molecule has 2 saturated heterocycles. The first kappa shape index (κ1) is 15.3. The summed E-state index contributed by atoms with van der Waals surface area (Å²) in [6.07, 6.45) is 7.47. The molecule has 1 aromatic heterocycles. The van der Waals surface area contributed by atoms with Gasteiger partial charge < -0.3 is 15.5 Å². The zero-order valence-electron chi connectivity index (χ0n) is 13.2. The molecular formula is C17H26N4O. The number of carbonyl (C=O) groups excluding carboxylic acids is 1. The number of carbonyl (C=O) groups is 1. The van der Waals surface area contributed by atoms with E-state index in [2.05, 4.69) is 9.88 Å². The van der Waals surface area contributed by atoms with Gasteiger partial charge in [0.05, 0.1) is 5.56 Å². The van der Waals surface area contributed by atoms with Gasteiger partial charge in [-0.2, -0.15) is 0 Å². The Hall–Kier alpha value is -1.62. The summed E-state index contributed by atoms with van der Waals surface area (Å²) >= 11 is 0. The molecular weight excluding hydrogens is 276 g/mol. The summed E-state index contributed by atoms with van der Waals surface area (Å²) in [6, 6.07) is 3.79. The Balaban J connectivity index is 1.75. The van der Waals surface area contributed by atoms with Crippen LogP contribution in [0.2, 0.25) is 0 Å². The van der Waals surface area contributed by atoms with E-state index in [4.69, 9.17) is 5.73 Å². The van der Waals surface area contributed by atoms with Gasteiger partial charge in [-0.05, 0) is 56.7 Å². The third kappa shape index (κ3) is 3.24. The SMILES string of the molecule is NCC1CCN(C(=O)c2cccnc2N2CCCCC2)CC1. The average Bonchev–Trinajstić information content (AvgIpc) is 2.62. The van der Waals surface area contributed by atoms with Crippen molar-refractivity contribution in [3.63, 3.8) is 0 Å². The second kappa shape index (κ2) is 7.09. The zero-order chi connectivity index (χ0) is 15.4. The van der Waals surface area contributed by atoms with E-state index in [1.807, 2.05) is 17.0 Å². The van der Waals surface area contributed by atoms with Gasteiger partial charge in [-0.25, -0.2) is 4.98 Å². The molecule has 5 heteroatoms. The van der Waals surface area contributed by atoms with E-state index >= 15 is 0 Å². The van der Waals surface area contributed by atoms with Gasteiger partial charge in [-0.15, -0.1) is 0 Å². The van der Waals surface area contributed by atoms with Crippen molar-refractivity contribution in [1.82, 2.24) is 9.88 Å². The standard InChI is InChI=1S/C17H26N4O/c18-13-14-6-11-21(12-7-14)17(22)15-5-4-8-19-16(15)20-9-2-1-3-10-20/h4-5,8,14H,1-3,6-7,9-13,18H2. The minimum atomic E-state index is 0.129. The van der Waals surface area contributed by atoms with Gasteiger partial charge in [0.25, 0.3) is 5.91 Å².